The quantitative estimate of drug-likeness (QED) is 0.906. The van der Waals surface area contributed by atoms with Gasteiger partial charge in [0.2, 0.25) is 0 Å². The summed E-state index contributed by atoms with van der Waals surface area (Å²) < 4.78 is 5.37. The van der Waals surface area contributed by atoms with Gasteiger partial charge in [-0.3, -0.25) is 4.90 Å². The zero-order valence-corrected chi connectivity index (χ0v) is 13.7. The number of hydrogen-bond donors (Lipinski definition) is 1. The molecular formula is C17H28N4O. The van der Waals surface area contributed by atoms with Gasteiger partial charge in [-0.15, -0.1) is 5.10 Å². The molecule has 2 heterocycles. The molecule has 0 aromatic carbocycles. The monoisotopic (exact) mass is 304 g/mol. The van der Waals surface area contributed by atoms with E-state index in [2.05, 4.69) is 33.4 Å². The molecule has 5 nitrogen and oxygen atoms in total. The van der Waals surface area contributed by atoms with Crippen LogP contribution in [0.5, 0.6) is 0 Å². The van der Waals surface area contributed by atoms with Crippen LogP contribution in [-0.2, 0) is 4.74 Å². The summed E-state index contributed by atoms with van der Waals surface area (Å²) in [6.07, 6.45) is 6.61. The SMILES string of the molecule is Cc1cc(C2CCCCC2)nnc1NCCN1CCOCC1. The van der Waals surface area contributed by atoms with Gasteiger partial charge in [0.25, 0.3) is 0 Å². The molecule has 0 radical (unpaired) electrons. The first-order chi connectivity index (χ1) is 10.8. The van der Waals surface area contributed by atoms with Crippen LogP contribution in [0.25, 0.3) is 0 Å². The van der Waals surface area contributed by atoms with Crippen molar-refractivity contribution in [2.75, 3.05) is 44.7 Å². The molecule has 1 saturated heterocycles. The van der Waals surface area contributed by atoms with Crippen molar-refractivity contribution in [2.24, 2.45) is 0 Å². The standard InChI is InChI=1S/C17H28N4O/c1-14-13-16(15-5-3-2-4-6-15)19-20-17(14)18-7-8-21-9-11-22-12-10-21/h13,15H,2-12H2,1H3,(H,18,20). The van der Waals surface area contributed by atoms with Crippen LogP contribution in [0.1, 0.15) is 49.3 Å². The van der Waals surface area contributed by atoms with E-state index in [1.165, 1.54) is 43.4 Å². The molecule has 2 aliphatic rings. The highest BCUT2D eigenvalue weighted by Crippen LogP contribution is 2.32. The highest BCUT2D eigenvalue weighted by Gasteiger charge is 2.18. The van der Waals surface area contributed by atoms with Gasteiger partial charge >= 0.3 is 0 Å². The van der Waals surface area contributed by atoms with E-state index in [4.69, 9.17) is 4.74 Å². The van der Waals surface area contributed by atoms with Crippen molar-refractivity contribution in [2.45, 2.75) is 44.9 Å². The summed E-state index contributed by atoms with van der Waals surface area (Å²) in [5.74, 6) is 1.56. The van der Waals surface area contributed by atoms with Crippen LogP contribution in [0.3, 0.4) is 0 Å². The molecule has 3 rings (SSSR count). The molecule has 0 spiro atoms. The molecule has 1 aliphatic carbocycles. The summed E-state index contributed by atoms with van der Waals surface area (Å²) in [6, 6.07) is 2.24. The zero-order chi connectivity index (χ0) is 15.2. The fourth-order valence-electron chi connectivity index (χ4n) is 3.44. The molecule has 1 saturated carbocycles. The Kier molecular flexibility index (Phi) is 5.62. The average Bonchev–Trinajstić information content (AvgIpc) is 2.58. The van der Waals surface area contributed by atoms with E-state index in [9.17, 15) is 0 Å². The Morgan fingerprint density at radius 3 is 2.68 bits per heavy atom. The minimum Gasteiger partial charge on any atom is -0.379 e. The van der Waals surface area contributed by atoms with Gasteiger partial charge in [-0.05, 0) is 31.4 Å². The molecule has 1 aromatic rings. The Hall–Kier alpha value is -1.20. The van der Waals surface area contributed by atoms with E-state index in [0.29, 0.717) is 5.92 Å². The van der Waals surface area contributed by atoms with Crippen molar-refractivity contribution in [3.05, 3.63) is 17.3 Å². The van der Waals surface area contributed by atoms with Crippen LogP contribution >= 0.6 is 0 Å². The minimum absolute atomic E-state index is 0.627. The van der Waals surface area contributed by atoms with Crippen molar-refractivity contribution < 1.29 is 4.74 Å². The number of morpholine rings is 1. The van der Waals surface area contributed by atoms with E-state index in [1.54, 1.807) is 0 Å². The Bertz CT molecular complexity index is 468. The topological polar surface area (TPSA) is 50.3 Å². The van der Waals surface area contributed by atoms with Gasteiger partial charge in [-0.2, -0.15) is 5.10 Å². The van der Waals surface area contributed by atoms with E-state index in [-0.39, 0.29) is 0 Å². The van der Waals surface area contributed by atoms with Crippen LogP contribution in [0.2, 0.25) is 0 Å². The lowest BCUT2D eigenvalue weighted by Gasteiger charge is -2.26. The largest absolute Gasteiger partial charge is 0.379 e. The second-order valence-corrected chi connectivity index (χ2v) is 6.52. The van der Waals surface area contributed by atoms with E-state index in [1.807, 2.05) is 0 Å². The lowest BCUT2D eigenvalue weighted by molar-refractivity contribution is 0.0398. The average molecular weight is 304 g/mol. The summed E-state index contributed by atoms with van der Waals surface area (Å²) in [7, 11) is 0. The summed E-state index contributed by atoms with van der Waals surface area (Å²) in [5.41, 5.74) is 2.41. The van der Waals surface area contributed by atoms with Crippen LogP contribution in [0.15, 0.2) is 6.07 Å². The summed E-state index contributed by atoms with van der Waals surface area (Å²) >= 11 is 0. The molecule has 0 amide bonds. The molecule has 1 aromatic heterocycles. The van der Waals surface area contributed by atoms with Gasteiger partial charge in [0.1, 0.15) is 0 Å². The number of nitrogens with zero attached hydrogens (tertiary/aromatic N) is 3. The number of aryl methyl sites for hydroxylation is 1. The smallest absolute Gasteiger partial charge is 0.151 e. The molecule has 0 unspecified atom stereocenters. The molecule has 1 aliphatic heterocycles. The third-order valence-corrected chi connectivity index (χ3v) is 4.85. The number of ether oxygens (including phenoxy) is 1. The number of nitrogens with one attached hydrogen (secondary N) is 1. The van der Waals surface area contributed by atoms with Gasteiger partial charge in [0.05, 0.1) is 18.9 Å². The zero-order valence-electron chi connectivity index (χ0n) is 13.7. The fourth-order valence-corrected chi connectivity index (χ4v) is 3.44. The third kappa shape index (κ3) is 4.17. The summed E-state index contributed by atoms with van der Waals surface area (Å²) in [6.45, 7) is 7.87. The highest BCUT2D eigenvalue weighted by atomic mass is 16.5. The van der Waals surface area contributed by atoms with Gasteiger partial charge in [-0.25, -0.2) is 0 Å². The minimum atomic E-state index is 0.627. The maximum absolute atomic E-state index is 5.37. The molecule has 0 bridgehead atoms. The first kappa shape index (κ1) is 15.7. The molecule has 22 heavy (non-hydrogen) atoms. The molecular weight excluding hydrogens is 276 g/mol. The van der Waals surface area contributed by atoms with Crippen LogP contribution in [0.4, 0.5) is 5.82 Å². The predicted molar refractivity (Wildman–Crippen MR) is 88.3 cm³/mol. The van der Waals surface area contributed by atoms with Crippen molar-refractivity contribution in [1.29, 1.82) is 0 Å². The van der Waals surface area contributed by atoms with Crippen molar-refractivity contribution in [3.63, 3.8) is 0 Å². The summed E-state index contributed by atoms with van der Waals surface area (Å²) in [5, 5.41) is 12.3. The second kappa shape index (κ2) is 7.88. The van der Waals surface area contributed by atoms with Gasteiger partial charge in [-0.1, -0.05) is 19.3 Å². The maximum atomic E-state index is 5.37. The Labute approximate surface area is 133 Å². The van der Waals surface area contributed by atoms with E-state index < -0.39 is 0 Å². The highest BCUT2D eigenvalue weighted by molar-refractivity contribution is 5.42. The molecule has 5 heteroatoms. The lowest BCUT2D eigenvalue weighted by atomic mass is 9.86. The van der Waals surface area contributed by atoms with Gasteiger partial charge < -0.3 is 10.1 Å². The van der Waals surface area contributed by atoms with Crippen molar-refractivity contribution in [3.8, 4) is 0 Å². The fraction of sp³-hybridized carbons (Fsp3) is 0.765. The molecule has 0 atom stereocenters. The van der Waals surface area contributed by atoms with E-state index >= 15 is 0 Å². The Morgan fingerprint density at radius 1 is 1.18 bits per heavy atom. The van der Waals surface area contributed by atoms with Crippen LogP contribution in [0, 0.1) is 6.92 Å². The van der Waals surface area contributed by atoms with Gasteiger partial charge in [0.15, 0.2) is 5.82 Å². The number of anilines is 1. The predicted octanol–water partition coefficient (Wildman–Crippen LogP) is 2.58. The Balaban J connectivity index is 1.50. The number of rotatable bonds is 5. The molecule has 2 fully saturated rings. The normalized spacial score (nSPS) is 21.0. The van der Waals surface area contributed by atoms with Crippen LogP contribution < -0.4 is 5.32 Å². The maximum Gasteiger partial charge on any atom is 0.151 e. The molecule has 1 N–H and O–H groups in total. The lowest BCUT2D eigenvalue weighted by Crippen LogP contribution is -2.39. The van der Waals surface area contributed by atoms with Crippen molar-refractivity contribution in [1.82, 2.24) is 15.1 Å². The van der Waals surface area contributed by atoms with E-state index in [0.717, 1.165) is 45.2 Å². The summed E-state index contributed by atoms with van der Waals surface area (Å²) in [4.78, 5) is 2.43. The van der Waals surface area contributed by atoms with Gasteiger partial charge in [0, 0.05) is 32.1 Å². The third-order valence-electron chi connectivity index (χ3n) is 4.85. The Morgan fingerprint density at radius 2 is 1.95 bits per heavy atom. The van der Waals surface area contributed by atoms with Crippen molar-refractivity contribution >= 4 is 5.82 Å². The first-order valence-electron chi connectivity index (χ1n) is 8.71. The number of aromatic nitrogens is 2. The van der Waals surface area contributed by atoms with Crippen LogP contribution in [-0.4, -0.2) is 54.5 Å². The number of hydrogen-bond acceptors (Lipinski definition) is 5. The molecule has 122 valence electrons. The second-order valence-electron chi connectivity index (χ2n) is 6.52. The first-order valence-corrected chi connectivity index (χ1v) is 8.71.